The SMILES string of the molecule is CC(C)(C)OC(=O)N1CCN(c2ncc(-n3cnc4ccc(C(=O)c5c(F)ccc(N)c5F)cc4c3=O)cn2)CC1. The lowest BCUT2D eigenvalue weighted by atomic mass is 10.00. The number of piperazine rings is 1. The van der Waals surface area contributed by atoms with Crippen molar-refractivity contribution in [3.63, 3.8) is 0 Å². The van der Waals surface area contributed by atoms with Gasteiger partial charge in [-0.2, -0.15) is 0 Å². The molecule has 13 heteroatoms. The molecule has 2 aromatic carbocycles. The van der Waals surface area contributed by atoms with Crippen LogP contribution in [0.2, 0.25) is 0 Å². The quantitative estimate of drug-likeness (QED) is 0.293. The summed E-state index contributed by atoms with van der Waals surface area (Å²) in [6, 6.07) is 5.94. The number of nitrogens with two attached hydrogens (primary N) is 1. The number of anilines is 2. The minimum Gasteiger partial charge on any atom is -0.444 e. The third-order valence-electron chi connectivity index (χ3n) is 6.49. The Hall–Kier alpha value is -4.94. The Morgan fingerprint density at radius 3 is 2.32 bits per heavy atom. The number of aromatic nitrogens is 4. The van der Waals surface area contributed by atoms with Gasteiger partial charge in [-0.15, -0.1) is 0 Å². The molecule has 11 nitrogen and oxygen atoms in total. The van der Waals surface area contributed by atoms with Crippen LogP contribution in [0.4, 0.5) is 25.2 Å². The summed E-state index contributed by atoms with van der Waals surface area (Å²) in [5, 5.41) is 0.0606. The van der Waals surface area contributed by atoms with Crippen molar-refractivity contribution in [2.45, 2.75) is 26.4 Å². The lowest BCUT2D eigenvalue weighted by Crippen LogP contribution is -2.50. The first-order valence-corrected chi connectivity index (χ1v) is 12.8. The van der Waals surface area contributed by atoms with E-state index in [-0.39, 0.29) is 28.2 Å². The molecule has 0 unspecified atom stereocenters. The van der Waals surface area contributed by atoms with Gasteiger partial charge in [0.1, 0.15) is 17.7 Å². The number of ketones is 1. The minimum atomic E-state index is -1.16. The second kappa shape index (κ2) is 10.6. The number of hydrogen-bond acceptors (Lipinski definition) is 9. The third kappa shape index (κ3) is 5.55. The van der Waals surface area contributed by atoms with E-state index in [1.807, 2.05) is 25.7 Å². The van der Waals surface area contributed by atoms with E-state index in [9.17, 15) is 23.2 Å². The predicted molar refractivity (Wildman–Crippen MR) is 147 cm³/mol. The summed E-state index contributed by atoms with van der Waals surface area (Å²) in [4.78, 5) is 55.2. The van der Waals surface area contributed by atoms with Gasteiger partial charge in [0.05, 0.1) is 40.2 Å². The second-order valence-electron chi connectivity index (χ2n) is 10.5. The van der Waals surface area contributed by atoms with Gasteiger partial charge in [-0.25, -0.2) is 28.5 Å². The van der Waals surface area contributed by atoms with Crippen LogP contribution in [0.5, 0.6) is 0 Å². The normalized spacial score (nSPS) is 13.9. The molecule has 1 aliphatic heterocycles. The molecule has 1 amide bonds. The summed E-state index contributed by atoms with van der Waals surface area (Å²) in [7, 11) is 0. The smallest absolute Gasteiger partial charge is 0.410 e. The number of amides is 1. The van der Waals surface area contributed by atoms with Gasteiger partial charge in [-0.3, -0.25) is 14.2 Å². The number of hydrogen-bond donors (Lipinski definition) is 1. The van der Waals surface area contributed by atoms with Crippen LogP contribution < -0.4 is 16.2 Å². The Morgan fingerprint density at radius 1 is 0.976 bits per heavy atom. The summed E-state index contributed by atoms with van der Waals surface area (Å²) in [5.74, 6) is -2.75. The molecule has 1 saturated heterocycles. The molecular formula is C28H27F2N7O4. The van der Waals surface area contributed by atoms with Crippen molar-refractivity contribution in [3.8, 4) is 5.69 Å². The molecule has 4 aromatic rings. The Bertz CT molecular complexity index is 1710. The van der Waals surface area contributed by atoms with Crippen LogP contribution in [0.25, 0.3) is 16.6 Å². The standard InChI is InChI=1S/C28H27F2N7O4/c1-28(2,3)41-27(40)36-10-8-35(9-11-36)26-32-13-17(14-33-26)37-15-34-21-7-4-16(12-18(21)25(37)39)24(38)22-19(29)5-6-20(31)23(22)30/h4-7,12-15H,8-11,31H2,1-3H3. The van der Waals surface area contributed by atoms with Crippen molar-refractivity contribution in [1.29, 1.82) is 0 Å². The first kappa shape index (κ1) is 27.6. The van der Waals surface area contributed by atoms with Gasteiger partial charge >= 0.3 is 6.09 Å². The summed E-state index contributed by atoms with van der Waals surface area (Å²) < 4.78 is 35.4. The fraction of sp³-hybridized carbons (Fsp3) is 0.286. The number of carbonyl (C=O) groups is 2. The summed E-state index contributed by atoms with van der Waals surface area (Å²) in [5.41, 5.74) is 3.74. The molecule has 2 N–H and O–H groups in total. The highest BCUT2D eigenvalue weighted by Gasteiger charge is 2.27. The average Bonchev–Trinajstić information content (AvgIpc) is 2.94. The molecule has 0 radical (unpaired) electrons. The van der Waals surface area contributed by atoms with Crippen LogP contribution >= 0.6 is 0 Å². The Kier molecular flexibility index (Phi) is 7.11. The average molecular weight is 564 g/mol. The first-order chi connectivity index (χ1) is 19.4. The molecule has 2 aromatic heterocycles. The van der Waals surface area contributed by atoms with Crippen molar-refractivity contribution in [2.24, 2.45) is 0 Å². The van der Waals surface area contributed by atoms with E-state index in [2.05, 4.69) is 15.0 Å². The molecule has 41 heavy (non-hydrogen) atoms. The molecule has 0 bridgehead atoms. The Balaban J connectivity index is 1.36. The zero-order valence-corrected chi connectivity index (χ0v) is 22.6. The number of nitrogens with zero attached hydrogens (tertiary/aromatic N) is 6. The van der Waals surface area contributed by atoms with Crippen molar-refractivity contribution < 1.29 is 23.1 Å². The molecule has 0 spiro atoms. The van der Waals surface area contributed by atoms with E-state index >= 15 is 0 Å². The molecule has 3 heterocycles. The van der Waals surface area contributed by atoms with E-state index < -0.39 is 34.1 Å². The van der Waals surface area contributed by atoms with Crippen LogP contribution in [0.3, 0.4) is 0 Å². The highest BCUT2D eigenvalue weighted by molar-refractivity contribution is 6.11. The van der Waals surface area contributed by atoms with Crippen LogP contribution in [0, 0.1) is 11.6 Å². The van der Waals surface area contributed by atoms with E-state index in [1.54, 1.807) is 4.90 Å². The van der Waals surface area contributed by atoms with Gasteiger partial charge in [0.15, 0.2) is 11.6 Å². The van der Waals surface area contributed by atoms with E-state index in [4.69, 9.17) is 10.5 Å². The number of ether oxygens (including phenoxy) is 1. The Labute approximate surface area is 233 Å². The predicted octanol–water partition coefficient (Wildman–Crippen LogP) is 3.32. The van der Waals surface area contributed by atoms with Crippen molar-refractivity contribution in [1.82, 2.24) is 24.4 Å². The fourth-order valence-corrected chi connectivity index (χ4v) is 4.39. The fourth-order valence-electron chi connectivity index (χ4n) is 4.39. The van der Waals surface area contributed by atoms with Gasteiger partial charge in [-0.1, -0.05) is 0 Å². The minimum absolute atomic E-state index is 0.0606. The number of nitrogen functional groups attached to an aromatic ring is 1. The second-order valence-corrected chi connectivity index (χ2v) is 10.5. The van der Waals surface area contributed by atoms with E-state index in [0.29, 0.717) is 37.8 Å². The number of halogens is 2. The highest BCUT2D eigenvalue weighted by atomic mass is 19.1. The number of benzene rings is 2. The maximum atomic E-state index is 14.5. The lowest BCUT2D eigenvalue weighted by Gasteiger charge is -2.35. The Morgan fingerprint density at radius 2 is 1.66 bits per heavy atom. The van der Waals surface area contributed by atoms with Crippen molar-refractivity contribution in [2.75, 3.05) is 36.8 Å². The van der Waals surface area contributed by atoms with Gasteiger partial charge in [0.25, 0.3) is 5.56 Å². The van der Waals surface area contributed by atoms with Crippen molar-refractivity contribution >= 4 is 34.4 Å². The van der Waals surface area contributed by atoms with Gasteiger partial charge in [0, 0.05) is 31.7 Å². The van der Waals surface area contributed by atoms with E-state index in [1.165, 1.54) is 41.5 Å². The maximum Gasteiger partial charge on any atom is 0.410 e. The summed E-state index contributed by atoms with van der Waals surface area (Å²) in [6.07, 6.45) is 3.86. The molecule has 212 valence electrons. The van der Waals surface area contributed by atoms with Gasteiger partial charge in [-0.05, 0) is 51.1 Å². The topological polar surface area (TPSA) is 137 Å². The van der Waals surface area contributed by atoms with E-state index in [0.717, 1.165) is 12.1 Å². The first-order valence-electron chi connectivity index (χ1n) is 12.8. The highest BCUT2D eigenvalue weighted by Crippen LogP contribution is 2.23. The zero-order chi connectivity index (χ0) is 29.5. The third-order valence-corrected chi connectivity index (χ3v) is 6.49. The van der Waals surface area contributed by atoms with Crippen LogP contribution in [0.1, 0.15) is 36.7 Å². The molecule has 1 fully saturated rings. The van der Waals surface area contributed by atoms with Crippen molar-refractivity contribution in [3.05, 3.63) is 82.2 Å². The molecule has 1 aliphatic rings. The summed E-state index contributed by atoms with van der Waals surface area (Å²) in [6.45, 7) is 7.33. The summed E-state index contributed by atoms with van der Waals surface area (Å²) >= 11 is 0. The molecule has 0 aliphatic carbocycles. The molecule has 0 saturated carbocycles. The molecule has 0 atom stereocenters. The van der Waals surface area contributed by atoms with Gasteiger partial charge < -0.3 is 20.3 Å². The van der Waals surface area contributed by atoms with Crippen LogP contribution in [-0.2, 0) is 4.74 Å². The number of fused-ring (bicyclic) bond motifs is 1. The molecule has 5 rings (SSSR count). The lowest BCUT2D eigenvalue weighted by molar-refractivity contribution is 0.0240. The molecular weight excluding hydrogens is 536 g/mol. The maximum absolute atomic E-state index is 14.5. The monoisotopic (exact) mass is 563 g/mol. The largest absolute Gasteiger partial charge is 0.444 e. The zero-order valence-electron chi connectivity index (χ0n) is 22.6. The van der Waals surface area contributed by atoms with Crippen LogP contribution in [-0.4, -0.2) is 68.1 Å². The number of rotatable bonds is 4. The number of carbonyl (C=O) groups excluding carboxylic acids is 2. The van der Waals surface area contributed by atoms with Gasteiger partial charge in [0.2, 0.25) is 5.95 Å². The van der Waals surface area contributed by atoms with Crippen LogP contribution in [0.15, 0.2) is 53.8 Å².